The molecule has 2 aromatic rings. The van der Waals surface area contributed by atoms with Crippen LogP contribution in [0.5, 0.6) is 5.75 Å². The second-order valence-electron chi connectivity index (χ2n) is 4.44. The van der Waals surface area contributed by atoms with E-state index in [1.165, 1.54) is 12.1 Å². The van der Waals surface area contributed by atoms with Crippen molar-refractivity contribution in [3.05, 3.63) is 63.7 Å². The lowest BCUT2D eigenvalue weighted by atomic mass is 10.1. The van der Waals surface area contributed by atoms with E-state index in [2.05, 4.69) is 5.32 Å². The lowest BCUT2D eigenvalue weighted by molar-refractivity contribution is -0.385. The van der Waals surface area contributed by atoms with E-state index in [4.69, 9.17) is 0 Å². The fraction of sp³-hybridized carbons (Fsp3) is 0.133. The number of amides is 1. The van der Waals surface area contributed by atoms with Crippen LogP contribution in [0.2, 0.25) is 0 Å². The number of nitrogens with zero attached hydrogens (tertiary/aromatic N) is 1. The molecular weight excluding hydrogens is 272 g/mol. The monoisotopic (exact) mass is 286 g/mol. The number of carbonyl (C=O) groups is 1. The van der Waals surface area contributed by atoms with Crippen molar-refractivity contribution >= 4 is 17.3 Å². The Morgan fingerprint density at radius 2 is 1.90 bits per heavy atom. The van der Waals surface area contributed by atoms with Gasteiger partial charge in [0.05, 0.1) is 10.5 Å². The van der Waals surface area contributed by atoms with Crippen LogP contribution in [0, 0.1) is 10.1 Å². The molecule has 6 heteroatoms. The Morgan fingerprint density at radius 3 is 2.48 bits per heavy atom. The van der Waals surface area contributed by atoms with E-state index < -0.39 is 22.3 Å². The largest absolute Gasteiger partial charge is 0.502 e. The number of para-hydroxylation sites is 1. The maximum absolute atomic E-state index is 12.1. The molecule has 0 fully saturated rings. The number of aryl methyl sites for hydroxylation is 1. The van der Waals surface area contributed by atoms with E-state index in [-0.39, 0.29) is 5.56 Å². The predicted molar refractivity (Wildman–Crippen MR) is 78.5 cm³/mol. The number of phenols is 1. The summed E-state index contributed by atoms with van der Waals surface area (Å²) in [5.74, 6) is -1.23. The summed E-state index contributed by atoms with van der Waals surface area (Å²) in [4.78, 5) is 22.1. The molecule has 6 nitrogen and oxygen atoms in total. The molecule has 0 saturated heterocycles. The highest BCUT2D eigenvalue weighted by Gasteiger charge is 2.20. The van der Waals surface area contributed by atoms with Gasteiger partial charge >= 0.3 is 5.69 Å². The smallest absolute Gasteiger partial charge is 0.311 e. The van der Waals surface area contributed by atoms with Gasteiger partial charge in [0.15, 0.2) is 0 Å². The Bertz CT molecular complexity index is 681. The minimum atomic E-state index is -0.734. The lowest BCUT2D eigenvalue weighted by Gasteiger charge is -2.07. The number of nitro groups is 1. The minimum absolute atomic E-state index is 0.135. The molecular formula is C15H14N2O4. The molecule has 0 spiro atoms. The summed E-state index contributed by atoms with van der Waals surface area (Å²) >= 11 is 0. The van der Waals surface area contributed by atoms with Crippen LogP contribution in [-0.4, -0.2) is 15.9 Å². The van der Waals surface area contributed by atoms with Gasteiger partial charge in [0.2, 0.25) is 5.75 Å². The number of phenolic OH excluding ortho intramolecular Hbond substituents is 1. The fourth-order valence-corrected chi connectivity index (χ4v) is 1.88. The number of hydrogen-bond donors (Lipinski definition) is 2. The summed E-state index contributed by atoms with van der Waals surface area (Å²) in [6, 6.07) is 11.1. The Balaban J connectivity index is 2.24. The molecule has 2 rings (SSSR count). The summed E-state index contributed by atoms with van der Waals surface area (Å²) in [7, 11) is 0. The summed E-state index contributed by atoms with van der Waals surface area (Å²) in [6.45, 7) is 2.02. The molecule has 0 bridgehead atoms. The number of aromatic hydroxyl groups is 1. The molecule has 0 aliphatic carbocycles. The van der Waals surface area contributed by atoms with Gasteiger partial charge in [0.1, 0.15) is 0 Å². The maximum Gasteiger partial charge on any atom is 0.311 e. The predicted octanol–water partition coefficient (Wildman–Crippen LogP) is 3.12. The van der Waals surface area contributed by atoms with Gasteiger partial charge in [0, 0.05) is 11.8 Å². The molecule has 108 valence electrons. The topological polar surface area (TPSA) is 92.5 Å². The second kappa shape index (κ2) is 6.04. The van der Waals surface area contributed by atoms with Crippen molar-refractivity contribution in [2.75, 3.05) is 5.32 Å². The molecule has 2 aromatic carbocycles. The van der Waals surface area contributed by atoms with Gasteiger partial charge in [-0.05, 0) is 30.2 Å². The van der Waals surface area contributed by atoms with Gasteiger partial charge in [-0.15, -0.1) is 0 Å². The number of rotatable bonds is 4. The van der Waals surface area contributed by atoms with Crippen molar-refractivity contribution in [1.29, 1.82) is 0 Å². The van der Waals surface area contributed by atoms with Crippen LogP contribution in [0.4, 0.5) is 11.4 Å². The van der Waals surface area contributed by atoms with E-state index in [9.17, 15) is 20.0 Å². The van der Waals surface area contributed by atoms with Crippen molar-refractivity contribution in [3.63, 3.8) is 0 Å². The summed E-state index contributed by atoms with van der Waals surface area (Å²) < 4.78 is 0. The Morgan fingerprint density at radius 1 is 1.24 bits per heavy atom. The van der Waals surface area contributed by atoms with Crippen LogP contribution in [0.1, 0.15) is 22.8 Å². The zero-order chi connectivity index (χ0) is 15.4. The first-order valence-corrected chi connectivity index (χ1v) is 6.39. The number of nitro benzene ring substituents is 1. The minimum Gasteiger partial charge on any atom is -0.502 e. The van der Waals surface area contributed by atoms with Crippen LogP contribution >= 0.6 is 0 Å². The second-order valence-corrected chi connectivity index (χ2v) is 4.44. The molecule has 0 radical (unpaired) electrons. The SMILES string of the molecule is CCc1ccc(NC(=O)c2cccc([N+](=O)[O-])c2O)cc1. The number of nitrogens with one attached hydrogen (secondary N) is 1. The summed E-state index contributed by atoms with van der Waals surface area (Å²) in [6.07, 6.45) is 0.889. The molecule has 0 saturated carbocycles. The van der Waals surface area contributed by atoms with Crippen molar-refractivity contribution < 1.29 is 14.8 Å². The molecule has 0 aromatic heterocycles. The lowest BCUT2D eigenvalue weighted by Crippen LogP contribution is -2.12. The van der Waals surface area contributed by atoms with Gasteiger partial charge in [-0.2, -0.15) is 0 Å². The average molecular weight is 286 g/mol. The van der Waals surface area contributed by atoms with Gasteiger partial charge in [-0.1, -0.05) is 25.1 Å². The number of benzene rings is 2. The molecule has 21 heavy (non-hydrogen) atoms. The fourth-order valence-electron chi connectivity index (χ4n) is 1.88. The first-order chi connectivity index (χ1) is 10.0. The molecule has 0 atom stereocenters. The molecule has 2 N–H and O–H groups in total. The zero-order valence-electron chi connectivity index (χ0n) is 11.4. The standard InChI is InChI=1S/C15H14N2O4/c1-2-10-6-8-11(9-7-10)16-15(19)12-4-3-5-13(14(12)18)17(20)21/h3-9,18H,2H2,1H3,(H,16,19). The summed E-state index contributed by atoms with van der Waals surface area (Å²) in [5.41, 5.74) is 1.06. The van der Waals surface area contributed by atoms with E-state index in [1.54, 1.807) is 12.1 Å². The maximum atomic E-state index is 12.1. The van der Waals surface area contributed by atoms with Crippen molar-refractivity contribution in [2.24, 2.45) is 0 Å². The van der Waals surface area contributed by atoms with Crippen molar-refractivity contribution in [2.45, 2.75) is 13.3 Å². The van der Waals surface area contributed by atoms with Gasteiger partial charge in [-0.3, -0.25) is 14.9 Å². The van der Waals surface area contributed by atoms with Crippen LogP contribution in [0.3, 0.4) is 0 Å². The van der Waals surface area contributed by atoms with E-state index >= 15 is 0 Å². The first kappa shape index (κ1) is 14.5. The third kappa shape index (κ3) is 3.17. The van der Waals surface area contributed by atoms with Crippen molar-refractivity contribution in [1.82, 2.24) is 0 Å². The zero-order valence-corrected chi connectivity index (χ0v) is 11.4. The molecule has 1 amide bonds. The van der Waals surface area contributed by atoms with Crippen molar-refractivity contribution in [3.8, 4) is 5.75 Å². The number of anilines is 1. The molecule has 0 unspecified atom stereocenters. The van der Waals surface area contributed by atoms with E-state index in [1.807, 2.05) is 19.1 Å². The third-order valence-corrected chi connectivity index (χ3v) is 3.08. The Kier molecular flexibility index (Phi) is 4.18. The molecule has 0 aliphatic heterocycles. The summed E-state index contributed by atoms with van der Waals surface area (Å²) in [5, 5.41) is 23.1. The van der Waals surface area contributed by atoms with Gasteiger partial charge < -0.3 is 10.4 Å². The average Bonchev–Trinajstić information content (AvgIpc) is 2.47. The van der Waals surface area contributed by atoms with Crippen LogP contribution in [-0.2, 0) is 6.42 Å². The number of hydrogen-bond acceptors (Lipinski definition) is 4. The van der Waals surface area contributed by atoms with Crippen LogP contribution < -0.4 is 5.32 Å². The Labute approximate surface area is 121 Å². The third-order valence-electron chi connectivity index (χ3n) is 3.08. The Hall–Kier alpha value is -2.89. The van der Waals surface area contributed by atoms with E-state index in [0.29, 0.717) is 5.69 Å². The molecule has 0 aliphatic rings. The first-order valence-electron chi connectivity index (χ1n) is 6.39. The highest BCUT2D eigenvalue weighted by atomic mass is 16.6. The normalized spacial score (nSPS) is 10.1. The van der Waals surface area contributed by atoms with E-state index in [0.717, 1.165) is 18.1 Å². The molecule has 0 heterocycles. The quantitative estimate of drug-likeness (QED) is 0.667. The van der Waals surface area contributed by atoms with Gasteiger partial charge in [-0.25, -0.2) is 0 Å². The highest BCUT2D eigenvalue weighted by molar-refractivity contribution is 6.06. The van der Waals surface area contributed by atoms with Gasteiger partial charge in [0.25, 0.3) is 5.91 Å². The number of carbonyl (C=O) groups excluding carboxylic acids is 1. The highest BCUT2D eigenvalue weighted by Crippen LogP contribution is 2.29. The van der Waals surface area contributed by atoms with Crippen LogP contribution in [0.25, 0.3) is 0 Å². The van der Waals surface area contributed by atoms with Crippen LogP contribution in [0.15, 0.2) is 42.5 Å².